The van der Waals surface area contributed by atoms with E-state index in [-0.39, 0.29) is 17.8 Å². The van der Waals surface area contributed by atoms with Crippen LogP contribution in [0.25, 0.3) is 0 Å². The van der Waals surface area contributed by atoms with Crippen molar-refractivity contribution in [3.63, 3.8) is 0 Å². The molecule has 0 radical (unpaired) electrons. The smallest absolute Gasteiger partial charge is 0.386 e. The van der Waals surface area contributed by atoms with Gasteiger partial charge in [-0.15, -0.1) is 0 Å². The van der Waals surface area contributed by atoms with E-state index in [1.165, 1.54) is 0 Å². The van der Waals surface area contributed by atoms with Gasteiger partial charge in [0.05, 0.1) is 5.60 Å². The van der Waals surface area contributed by atoms with Crippen LogP contribution in [0.3, 0.4) is 0 Å². The van der Waals surface area contributed by atoms with Gasteiger partial charge in [0.15, 0.2) is 0 Å². The minimum Gasteiger partial charge on any atom is -0.386 e. The van der Waals surface area contributed by atoms with Crippen LogP contribution >= 0.6 is 0 Å². The average molecular weight is 407 g/mol. The zero-order valence-corrected chi connectivity index (χ0v) is 18.6. The van der Waals surface area contributed by atoms with Crippen LogP contribution < -0.4 is 0 Å². The summed E-state index contributed by atoms with van der Waals surface area (Å²) in [5.41, 5.74) is 0.398. The highest BCUT2D eigenvalue weighted by molar-refractivity contribution is 5.14. The van der Waals surface area contributed by atoms with Crippen molar-refractivity contribution in [3.8, 4) is 0 Å². The maximum atomic E-state index is 12.5. The Kier molecular flexibility index (Phi) is 9.08. The van der Waals surface area contributed by atoms with Gasteiger partial charge in [-0.25, -0.2) is 0 Å². The second-order valence-electron chi connectivity index (χ2n) is 10.1. The van der Waals surface area contributed by atoms with Crippen LogP contribution in [0.15, 0.2) is 11.6 Å². The third kappa shape index (κ3) is 7.70. The van der Waals surface area contributed by atoms with Crippen molar-refractivity contribution in [1.29, 1.82) is 0 Å². The molecule has 28 heavy (non-hydrogen) atoms. The van der Waals surface area contributed by atoms with Crippen molar-refractivity contribution in [2.24, 2.45) is 23.2 Å². The Labute approximate surface area is 169 Å². The van der Waals surface area contributed by atoms with E-state index in [0.717, 1.165) is 44.1 Å². The number of rotatable bonds is 10. The van der Waals surface area contributed by atoms with Crippen molar-refractivity contribution < 1.29 is 23.4 Å². The van der Waals surface area contributed by atoms with Crippen molar-refractivity contribution in [2.75, 3.05) is 0 Å². The zero-order valence-electron chi connectivity index (χ0n) is 18.6. The fourth-order valence-electron chi connectivity index (χ4n) is 4.54. The van der Waals surface area contributed by atoms with E-state index < -0.39 is 17.9 Å². The summed E-state index contributed by atoms with van der Waals surface area (Å²) in [6, 6.07) is 0. The van der Waals surface area contributed by atoms with Crippen molar-refractivity contribution in [3.05, 3.63) is 11.6 Å². The zero-order chi connectivity index (χ0) is 21.8. The Morgan fingerprint density at radius 1 is 1.11 bits per heavy atom. The lowest BCUT2D eigenvalue weighted by molar-refractivity contribution is -0.206. The van der Waals surface area contributed by atoms with Gasteiger partial charge in [-0.2, -0.15) is 13.2 Å². The molecule has 0 aliphatic heterocycles. The largest absolute Gasteiger partial charge is 0.414 e. The van der Waals surface area contributed by atoms with Crippen LogP contribution in [-0.2, 0) is 0 Å². The first-order valence-corrected chi connectivity index (χ1v) is 10.8. The lowest BCUT2D eigenvalue weighted by Crippen LogP contribution is -2.29. The Balaban J connectivity index is 2.63. The van der Waals surface area contributed by atoms with E-state index in [1.54, 1.807) is 0 Å². The number of aliphatic hydroxyl groups is 2. The number of alkyl halides is 3. The Bertz CT molecular complexity index is 503. The molecule has 1 saturated carbocycles. The van der Waals surface area contributed by atoms with Gasteiger partial charge in [-0.1, -0.05) is 40.2 Å². The number of aliphatic hydroxyl groups excluding tert-OH is 1. The lowest BCUT2D eigenvalue weighted by atomic mass is 9.73. The predicted molar refractivity (Wildman–Crippen MR) is 109 cm³/mol. The van der Waals surface area contributed by atoms with Gasteiger partial charge in [-0.3, -0.25) is 0 Å². The van der Waals surface area contributed by atoms with Crippen LogP contribution in [-0.4, -0.2) is 28.1 Å². The topological polar surface area (TPSA) is 40.5 Å². The molecule has 0 aromatic carbocycles. The molecule has 0 unspecified atom stereocenters. The van der Waals surface area contributed by atoms with E-state index in [9.17, 15) is 23.4 Å². The highest BCUT2D eigenvalue weighted by Crippen LogP contribution is 2.48. The number of allylic oxidation sites excluding steroid dienone is 1. The quantitative estimate of drug-likeness (QED) is 0.398. The molecule has 1 fully saturated rings. The molecule has 2 nitrogen and oxygen atoms in total. The average Bonchev–Trinajstić information content (AvgIpc) is 3.05. The van der Waals surface area contributed by atoms with Crippen molar-refractivity contribution in [2.45, 2.75) is 111 Å². The van der Waals surface area contributed by atoms with Gasteiger partial charge >= 0.3 is 6.18 Å². The summed E-state index contributed by atoms with van der Waals surface area (Å²) in [7, 11) is 0. The molecule has 0 heterocycles. The van der Waals surface area contributed by atoms with E-state index in [4.69, 9.17) is 0 Å². The van der Waals surface area contributed by atoms with Crippen LogP contribution in [0.5, 0.6) is 0 Å². The van der Waals surface area contributed by atoms with Crippen LogP contribution in [0.2, 0.25) is 0 Å². The molecule has 0 amide bonds. The molecule has 0 spiro atoms. The second-order valence-corrected chi connectivity index (χ2v) is 10.1. The minimum absolute atomic E-state index is 0.101. The van der Waals surface area contributed by atoms with E-state index in [1.807, 2.05) is 20.8 Å². The second kappa shape index (κ2) is 9.97. The molecule has 0 aromatic heterocycles. The monoisotopic (exact) mass is 406 g/mol. The number of hydrogen-bond acceptors (Lipinski definition) is 2. The highest BCUT2D eigenvalue weighted by Gasteiger charge is 2.40. The molecule has 0 aromatic rings. The van der Waals surface area contributed by atoms with Gasteiger partial charge in [0.2, 0.25) is 0 Å². The summed E-state index contributed by atoms with van der Waals surface area (Å²) in [5.74, 6) is 1.16. The molecule has 2 N–H and O–H groups in total. The molecule has 5 heteroatoms. The normalized spacial score (nSPS) is 24.5. The molecular formula is C23H41F3O2. The third-order valence-corrected chi connectivity index (χ3v) is 6.84. The fraction of sp³-hybridized carbons (Fsp3) is 0.913. The van der Waals surface area contributed by atoms with E-state index >= 15 is 0 Å². The molecule has 0 saturated heterocycles. The molecular weight excluding hydrogens is 365 g/mol. The van der Waals surface area contributed by atoms with Gasteiger partial charge in [0.1, 0.15) is 6.10 Å². The summed E-state index contributed by atoms with van der Waals surface area (Å²) in [6.45, 7) is 12.3. The molecule has 1 rings (SSSR count). The molecule has 1 aliphatic carbocycles. The van der Waals surface area contributed by atoms with Crippen molar-refractivity contribution >= 4 is 0 Å². The van der Waals surface area contributed by atoms with Crippen LogP contribution in [0.4, 0.5) is 13.2 Å². The molecule has 4 atom stereocenters. The summed E-state index contributed by atoms with van der Waals surface area (Å²) in [6.07, 6.45) is 1.70. The summed E-state index contributed by atoms with van der Waals surface area (Å²) in [4.78, 5) is 0. The van der Waals surface area contributed by atoms with Gasteiger partial charge in [0.25, 0.3) is 0 Å². The summed E-state index contributed by atoms with van der Waals surface area (Å²) in [5, 5.41) is 19.6. The fourth-order valence-corrected chi connectivity index (χ4v) is 4.54. The lowest BCUT2D eigenvalue weighted by Gasteiger charge is -2.33. The SMILES string of the molecule is CCC/C(=C/CC(C)(C)[C@@H]1CC[C@H]([C@H](C)CC[C@@H](O)C(F)(F)F)C1)C(C)(C)O. The van der Waals surface area contributed by atoms with Gasteiger partial charge in [-0.05, 0) is 87.5 Å². The first kappa shape index (κ1) is 25.5. The standard InChI is InChI=1S/C23H41F3O2/c1-7-8-18(22(5,6)28)13-14-21(3,4)19-11-10-17(15-19)16(2)9-12-20(27)23(24,25)26/h13,16-17,19-20,27-28H,7-12,14-15H2,1-6H3/b18-13-/t16-,17+,19-,20-/m1/s1. The Morgan fingerprint density at radius 3 is 2.21 bits per heavy atom. The Hall–Kier alpha value is -0.550. The Morgan fingerprint density at radius 2 is 1.71 bits per heavy atom. The number of hydrogen-bond donors (Lipinski definition) is 2. The first-order chi connectivity index (χ1) is 12.7. The third-order valence-electron chi connectivity index (χ3n) is 6.84. The maximum absolute atomic E-state index is 12.5. The van der Waals surface area contributed by atoms with Gasteiger partial charge in [0, 0.05) is 0 Å². The summed E-state index contributed by atoms with van der Waals surface area (Å²) < 4.78 is 37.5. The molecule has 1 aliphatic rings. The molecule has 166 valence electrons. The summed E-state index contributed by atoms with van der Waals surface area (Å²) >= 11 is 0. The van der Waals surface area contributed by atoms with Crippen LogP contribution in [0, 0.1) is 23.2 Å². The van der Waals surface area contributed by atoms with E-state index in [2.05, 4.69) is 26.8 Å². The van der Waals surface area contributed by atoms with Crippen LogP contribution in [0.1, 0.15) is 92.9 Å². The highest BCUT2D eigenvalue weighted by atomic mass is 19.4. The minimum atomic E-state index is -4.51. The number of halogens is 3. The van der Waals surface area contributed by atoms with Gasteiger partial charge < -0.3 is 10.2 Å². The van der Waals surface area contributed by atoms with Crippen molar-refractivity contribution in [1.82, 2.24) is 0 Å². The predicted octanol–water partition coefficient (Wildman–Crippen LogP) is 6.66. The molecule has 0 bridgehead atoms. The first-order valence-electron chi connectivity index (χ1n) is 10.8. The van der Waals surface area contributed by atoms with E-state index in [0.29, 0.717) is 18.3 Å². The maximum Gasteiger partial charge on any atom is 0.414 e.